The van der Waals surface area contributed by atoms with Crippen LogP contribution in [0, 0.1) is 0 Å². The maximum absolute atomic E-state index is 11.9. The molecule has 4 heteroatoms. The highest BCUT2D eigenvalue weighted by Gasteiger charge is 2.45. The van der Waals surface area contributed by atoms with Crippen LogP contribution in [-0.2, 0) is 24.7 Å². The van der Waals surface area contributed by atoms with Gasteiger partial charge in [0.25, 0.3) is 0 Å². The molecule has 1 aromatic carbocycles. The molecule has 0 aromatic heterocycles. The van der Waals surface area contributed by atoms with Crippen molar-refractivity contribution in [2.45, 2.75) is 12.0 Å². The molecule has 0 aliphatic carbocycles. The Kier molecular flexibility index (Phi) is 2.95. The molecule has 88 valence electrons. The summed E-state index contributed by atoms with van der Waals surface area (Å²) in [6, 6.07) is 8.88. The number of carbonyl (C=O) groups is 2. The van der Waals surface area contributed by atoms with Crippen LogP contribution in [0.4, 0.5) is 0 Å². The molecule has 4 nitrogen and oxygen atoms in total. The van der Waals surface area contributed by atoms with Gasteiger partial charge in [0.1, 0.15) is 0 Å². The predicted molar refractivity (Wildman–Crippen MR) is 60.0 cm³/mol. The topological polar surface area (TPSA) is 52.6 Å². The van der Waals surface area contributed by atoms with Gasteiger partial charge in [0, 0.05) is 18.1 Å². The Morgan fingerprint density at radius 3 is 2.65 bits per heavy atom. The van der Waals surface area contributed by atoms with Gasteiger partial charge in [-0.25, -0.2) is 9.59 Å². The SMILES string of the molecule is COC(=O)C1(c2ccccc2)CC=CC(=O)O1. The molecule has 0 fully saturated rings. The van der Waals surface area contributed by atoms with Gasteiger partial charge in [0.2, 0.25) is 5.60 Å². The molecule has 1 atom stereocenters. The van der Waals surface area contributed by atoms with Crippen LogP contribution in [0.25, 0.3) is 0 Å². The molecule has 1 aromatic rings. The van der Waals surface area contributed by atoms with E-state index in [2.05, 4.69) is 0 Å². The standard InChI is InChI=1S/C13H12O4/c1-16-12(15)13(9-5-8-11(14)17-13)10-6-3-2-4-7-10/h2-8H,9H2,1H3. The van der Waals surface area contributed by atoms with E-state index in [1.54, 1.807) is 30.3 Å². The molecule has 0 bridgehead atoms. The van der Waals surface area contributed by atoms with Crippen LogP contribution in [0.2, 0.25) is 0 Å². The molecule has 0 amide bonds. The summed E-state index contributed by atoms with van der Waals surface area (Å²) in [5.74, 6) is -1.10. The van der Waals surface area contributed by atoms with Crippen LogP contribution >= 0.6 is 0 Å². The Morgan fingerprint density at radius 2 is 2.06 bits per heavy atom. The van der Waals surface area contributed by atoms with Crippen molar-refractivity contribution >= 4 is 11.9 Å². The van der Waals surface area contributed by atoms with Crippen molar-refractivity contribution in [1.82, 2.24) is 0 Å². The zero-order valence-corrected chi connectivity index (χ0v) is 9.38. The summed E-state index contributed by atoms with van der Waals surface area (Å²) in [5.41, 5.74) is -0.730. The van der Waals surface area contributed by atoms with Gasteiger partial charge in [0.15, 0.2) is 0 Å². The number of ether oxygens (including phenoxy) is 2. The van der Waals surface area contributed by atoms with Crippen LogP contribution in [-0.4, -0.2) is 19.0 Å². The largest absolute Gasteiger partial charge is 0.466 e. The number of methoxy groups -OCH3 is 1. The number of hydrogen-bond donors (Lipinski definition) is 0. The molecule has 0 spiro atoms. The Bertz CT molecular complexity index is 464. The van der Waals surface area contributed by atoms with E-state index in [-0.39, 0.29) is 6.42 Å². The second kappa shape index (κ2) is 4.41. The van der Waals surface area contributed by atoms with Gasteiger partial charge in [0.05, 0.1) is 7.11 Å². The van der Waals surface area contributed by atoms with E-state index < -0.39 is 17.5 Å². The average Bonchev–Trinajstić information content (AvgIpc) is 2.38. The minimum Gasteiger partial charge on any atom is -0.466 e. The minimum atomic E-state index is -1.35. The zero-order valence-electron chi connectivity index (χ0n) is 9.38. The van der Waals surface area contributed by atoms with E-state index in [4.69, 9.17) is 9.47 Å². The highest BCUT2D eigenvalue weighted by molar-refractivity contribution is 5.90. The molecule has 0 saturated carbocycles. The van der Waals surface area contributed by atoms with Gasteiger partial charge >= 0.3 is 11.9 Å². The lowest BCUT2D eigenvalue weighted by Gasteiger charge is -2.31. The van der Waals surface area contributed by atoms with Crippen LogP contribution in [0.15, 0.2) is 42.5 Å². The first-order valence-corrected chi connectivity index (χ1v) is 5.22. The minimum absolute atomic E-state index is 0.287. The number of esters is 2. The van der Waals surface area contributed by atoms with E-state index in [0.717, 1.165) is 0 Å². The third-order valence-electron chi connectivity index (χ3n) is 2.69. The number of rotatable bonds is 2. The quantitative estimate of drug-likeness (QED) is 0.726. The monoisotopic (exact) mass is 232 g/mol. The second-order valence-corrected chi connectivity index (χ2v) is 3.71. The highest BCUT2D eigenvalue weighted by atomic mass is 16.6. The maximum Gasteiger partial charge on any atom is 0.355 e. The Hall–Kier alpha value is -2.10. The predicted octanol–water partition coefficient (Wildman–Crippen LogP) is 1.56. The molecule has 2 rings (SSSR count). The normalized spacial score (nSPS) is 23.0. The fourth-order valence-electron chi connectivity index (χ4n) is 1.86. The van der Waals surface area contributed by atoms with Gasteiger partial charge in [-0.1, -0.05) is 36.4 Å². The second-order valence-electron chi connectivity index (χ2n) is 3.71. The smallest absolute Gasteiger partial charge is 0.355 e. The van der Waals surface area contributed by atoms with Crippen LogP contribution in [0.1, 0.15) is 12.0 Å². The molecule has 1 heterocycles. The Balaban J connectivity index is 2.48. The first-order chi connectivity index (χ1) is 8.19. The number of benzene rings is 1. The van der Waals surface area contributed by atoms with Gasteiger partial charge in [-0.05, 0) is 0 Å². The van der Waals surface area contributed by atoms with Crippen molar-refractivity contribution in [2.75, 3.05) is 7.11 Å². The summed E-state index contributed by atoms with van der Waals surface area (Å²) in [6.45, 7) is 0. The summed E-state index contributed by atoms with van der Waals surface area (Å²) in [7, 11) is 1.28. The molecular formula is C13H12O4. The fraction of sp³-hybridized carbons (Fsp3) is 0.231. The van der Waals surface area contributed by atoms with Crippen molar-refractivity contribution in [3.63, 3.8) is 0 Å². The van der Waals surface area contributed by atoms with Crippen LogP contribution in [0.3, 0.4) is 0 Å². The van der Waals surface area contributed by atoms with E-state index in [1.165, 1.54) is 13.2 Å². The summed E-state index contributed by atoms with van der Waals surface area (Å²) in [4.78, 5) is 23.3. The van der Waals surface area contributed by atoms with Gasteiger partial charge in [-0.15, -0.1) is 0 Å². The first-order valence-electron chi connectivity index (χ1n) is 5.22. The first kappa shape index (κ1) is 11.4. The van der Waals surface area contributed by atoms with Crippen molar-refractivity contribution in [1.29, 1.82) is 0 Å². The molecule has 1 unspecified atom stereocenters. The molecule has 0 N–H and O–H groups in total. The third-order valence-corrected chi connectivity index (χ3v) is 2.69. The third kappa shape index (κ3) is 1.93. The molecular weight excluding hydrogens is 220 g/mol. The fourth-order valence-corrected chi connectivity index (χ4v) is 1.86. The maximum atomic E-state index is 11.9. The summed E-state index contributed by atoms with van der Waals surface area (Å²) >= 11 is 0. The molecule has 0 saturated heterocycles. The molecule has 17 heavy (non-hydrogen) atoms. The number of hydrogen-bond acceptors (Lipinski definition) is 4. The number of carbonyl (C=O) groups excluding carboxylic acids is 2. The lowest BCUT2D eigenvalue weighted by Crippen LogP contribution is -2.42. The van der Waals surface area contributed by atoms with Crippen molar-refractivity contribution in [2.24, 2.45) is 0 Å². The van der Waals surface area contributed by atoms with Gasteiger partial charge in [-0.2, -0.15) is 0 Å². The van der Waals surface area contributed by atoms with Crippen LogP contribution < -0.4 is 0 Å². The summed E-state index contributed by atoms with van der Waals surface area (Å²) in [5, 5.41) is 0. The average molecular weight is 232 g/mol. The highest BCUT2D eigenvalue weighted by Crippen LogP contribution is 2.34. The van der Waals surface area contributed by atoms with Gasteiger partial charge < -0.3 is 9.47 Å². The van der Waals surface area contributed by atoms with Crippen molar-refractivity contribution < 1.29 is 19.1 Å². The number of cyclic esters (lactones) is 1. The van der Waals surface area contributed by atoms with E-state index in [0.29, 0.717) is 5.56 Å². The molecule has 1 aliphatic rings. The van der Waals surface area contributed by atoms with E-state index in [1.807, 2.05) is 6.07 Å². The summed E-state index contributed by atoms with van der Waals surface area (Å²) in [6.07, 6.45) is 3.22. The van der Waals surface area contributed by atoms with Crippen LogP contribution in [0.5, 0.6) is 0 Å². The van der Waals surface area contributed by atoms with Crippen molar-refractivity contribution in [3.05, 3.63) is 48.0 Å². The van der Waals surface area contributed by atoms with Gasteiger partial charge in [-0.3, -0.25) is 0 Å². The van der Waals surface area contributed by atoms with Crippen molar-refractivity contribution in [3.8, 4) is 0 Å². The van der Waals surface area contributed by atoms with E-state index >= 15 is 0 Å². The zero-order chi connectivity index (χ0) is 12.3. The lowest BCUT2D eigenvalue weighted by molar-refractivity contribution is -0.180. The Morgan fingerprint density at radius 1 is 1.35 bits per heavy atom. The summed E-state index contributed by atoms with van der Waals surface area (Å²) < 4.78 is 9.96. The lowest BCUT2D eigenvalue weighted by atomic mass is 9.88. The molecule has 0 radical (unpaired) electrons. The van der Waals surface area contributed by atoms with E-state index in [9.17, 15) is 9.59 Å². The molecule has 1 aliphatic heterocycles. The Labute approximate surface area is 98.8 Å².